The molecule has 0 aliphatic carbocycles. The lowest BCUT2D eigenvalue weighted by molar-refractivity contribution is 0.547. The molecule has 0 rings (SSSR count). The summed E-state index contributed by atoms with van der Waals surface area (Å²) >= 11 is 0. The second-order valence-corrected chi connectivity index (χ2v) is 6.35. The van der Waals surface area contributed by atoms with E-state index in [1.807, 2.05) is 0 Å². The zero-order valence-corrected chi connectivity index (χ0v) is 14.6. The third-order valence-corrected chi connectivity index (χ3v) is 4.16. The topological polar surface area (TPSA) is 0 Å². The maximum absolute atomic E-state index is 3.89. The van der Waals surface area contributed by atoms with E-state index in [0.29, 0.717) is 0 Å². The molecule has 21 heavy (non-hydrogen) atoms. The van der Waals surface area contributed by atoms with Crippen molar-refractivity contribution in [3.63, 3.8) is 0 Å². The van der Waals surface area contributed by atoms with Crippen molar-refractivity contribution in [1.29, 1.82) is 0 Å². The van der Waals surface area contributed by atoms with Crippen LogP contribution in [0.15, 0.2) is 12.2 Å². The molecule has 0 N–H and O–H groups in total. The highest BCUT2D eigenvalue weighted by molar-refractivity contribution is 4.81. The first-order valence-electron chi connectivity index (χ1n) is 9.65. The molecule has 0 aromatic rings. The molecule has 0 bridgehead atoms. The molecule has 0 aliphatic heterocycles. The summed E-state index contributed by atoms with van der Waals surface area (Å²) in [6.45, 7) is 7.76. The lowest BCUT2D eigenvalue weighted by Crippen LogP contribution is -1.82. The van der Waals surface area contributed by atoms with E-state index in [9.17, 15) is 0 Å². The van der Waals surface area contributed by atoms with Crippen molar-refractivity contribution in [3.05, 3.63) is 26.0 Å². The average molecular weight is 293 g/mol. The van der Waals surface area contributed by atoms with Gasteiger partial charge in [-0.05, 0) is 25.7 Å². The molecule has 0 unspecified atom stereocenters. The van der Waals surface area contributed by atoms with Gasteiger partial charge < -0.3 is 0 Å². The summed E-state index contributed by atoms with van der Waals surface area (Å²) in [5.41, 5.74) is 0. The smallest absolute Gasteiger partial charge is 0.0351 e. The minimum atomic E-state index is 1.09. The first-order chi connectivity index (χ1) is 10.4. The fourth-order valence-corrected chi connectivity index (χ4v) is 2.70. The summed E-state index contributed by atoms with van der Waals surface area (Å²) in [5.74, 6) is 0. The molecule has 2 radical (unpaired) electrons. The van der Waals surface area contributed by atoms with Gasteiger partial charge in [0.25, 0.3) is 0 Å². The molecule has 0 nitrogen and oxygen atoms in total. The predicted octanol–water partition coefficient (Wildman–Crippen LogP) is 7.84. The summed E-state index contributed by atoms with van der Waals surface area (Å²) in [5, 5.41) is 0. The summed E-state index contributed by atoms with van der Waals surface area (Å²) in [7, 11) is 0. The number of allylic oxidation sites excluding steroid dienone is 2. The van der Waals surface area contributed by atoms with E-state index in [1.54, 1.807) is 0 Å². The Hall–Kier alpha value is -0.260. The van der Waals surface area contributed by atoms with Gasteiger partial charge in [-0.3, -0.25) is 0 Å². The summed E-state index contributed by atoms with van der Waals surface area (Å²) in [4.78, 5) is 0. The molecule has 0 saturated heterocycles. The highest BCUT2D eigenvalue weighted by Crippen LogP contribution is 2.12. The van der Waals surface area contributed by atoms with Crippen LogP contribution in [0.2, 0.25) is 0 Å². The average Bonchev–Trinajstić information content (AvgIpc) is 2.50. The largest absolute Gasteiger partial charge is 0.0885 e. The minimum Gasteiger partial charge on any atom is -0.0885 e. The maximum atomic E-state index is 3.89. The molecule has 0 aromatic heterocycles. The van der Waals surface area contributed by atoms with Gasteiger partial charge in [-0.2, -0.15) is 0 Å². The molecule has 0 aromatic carbocycles. The summed E-state index contributed by atoms with van der Waals surface area (Å²) in [6.07, 6.45) is 27.7. The van der Waals surface area contributed by atoms with Crippen LogP contribution in [-0.4, -0.2) is 0 Å². The molecule has 0 atom stereocenters. The van der Waals surface area contributed by atoms with Crippen molar-refractivity contribution in [2.45, 2.75) is 109 Å². The Bertz CT molecular complexity index is 192. The quantitative estimate of drug-likeness (QED) is 0.189. The van der Waals surface area contributed by atoms with Crippen LogP contribution in [0.25, 0.3) is 0 Å². The number of unbranched alkanes of at least 4 members (excludes halogenated alkanes) is 15. The molecule has 0 amide bonds. The SMILES string of the molecule is [CH2]CCCC/C=C/CCCCCCCCCCCCC[CH2]. The Morgan fingerprint density at radius 3 is 1.10 bits per heavy atom. The van der Waals surface area contributed by atoms with E-state index in [2.05, 4.69) is 26.0 Å². The van der Waals surface area contributed by atoms with Crippen LogP contribution in [0.5, 0.6) is 0 Å². The molecule has 0 fully saturated rings. The highest BCUT2D eigenvalue weighted by Gasteiger charge is 1.92. The fraction of sp³-hybridized carbons (Fsp3) is 0.810. The Balaban J connectivity index is 2.99. The van der Waals surface area contributed by atoms with Crippen LogP contribution >= 0.6 is 0 Å². The standard InChI is InChI=1S/C21H40/c1-3-5-7-9-11-13-15-17-19-21-20-18-16-14-12-10-8-6-4-2/h11,13H,1-10,12,14-21H2/b13-11+. The van der Waals surface area contributed by atoms with Crippen molar-refractivity contribution >= 4 is 0 Å². The van der Waals surface area contributed by atoms with E-state index in [1.165, 1.54) is 96.3 Å². The van der Waals surface area contributed by atoms with Gasteiger partial charge in [0, 0.05) is 0 Å². The van der Waals surface area contributed by atoms with E-state index in [4.69, 9.17) is 0 Å². The van der Waals surface area contributed by atoms with Gasteiger partial charge in [0.2, 0.25) is 0 Å². The van der Waals surface area contributed by atoms with E-state index < -0.39 is 0 Å². The van der Waals surface area contributed by atoms with Gasteiger partial charge in [-0.15, -0.1) is 0 Å². The number of rotatable bonds is 17. The predicted molar refractivity (Wildman–Crippen MR) is 98.3 cm³/mol. The van der Waals surface area contributed by atoms with Crippen LogP contribution in [0.4, 0.5) is 0 Å². The van der Waals surface area contributed by atoms with Gasteiger partial charge in [0.05, 0.1) is 0 Å². The Morgan fingerprint density at radius 2 is 0.667 bits per heavy atom. The van der Waals surface area contributed by atoms with Gasteiger partial charge in [0.15, 0.2) is 0 Å². The van der Waals surface area contributed by atoms with Gasteiger partial charge in [0.1, 0.15) is 0 Å². The van der Waals surface area contributed by atoms with Crippen LogP contribution in [0.1, 0.15) is 109 Å². The molecule has 0 heteroatoms. The minimum absolute atomic E-state index is 1.09. The summed E-state index contributed by atoms with van der Waals surface area (Å²) in [6, 6.07) is 0. The first-order valence-corrected chi connectivity index (χ1v) is 9.65. The molecule has 0 spiro atoms. The molecular weight excluding hydrogens is 252 g/mol. The third-order valence-electron chi connectivity index (χ3n) is 4.16. The number of hydrogen-bond donors (Lipinski definition) is 0. The molecule has 0 aliphatic rings. The van der Waals surface area contributed by atoms with Crippen molar-refractivity contribution < 1.29 is 0 Å². The second-order valence-electron chi connectivity index (χ2n) is 6.35. The van der Waals surface area contributed by atoms with Crippen LogP contribution in [0, 0.1) is 13.8 Å². The van der Waals surface area contributed by atoms with Crippen molar-refractivity contribution in [3.8, 4) is 0 Å². The Kier molecular flexibility index (Phi) is 19.5. The lowest BCUT2D eigenvalue weighted by atomic mass is 10.0. The van der Waals surface area contributed by atoms with Gasteiger partial charge >= 0.3 is 0 Å². The van der Waals surface area contributed by atoms with Crippen LogP contribution < -0.4 is 0 Å². The van der Waals surface area contributed by atoms with Crippen molar-refractivity contribution in [2.24, 2.45) is 0 Å². The zero-order chi connectivity index (χ0) is 15.4. The summed E-state index contributed by atoms with van der Waals surface area (Å²) < 4.78 is 0. The van der Waals surface area contributed by atoms with E-state index in [-0.39, 0.29) is 0 Å². The molecule has 0 heterocycles. The maximum Gasteiger partial charge on any atom is -0.0351 e. The first kappa shape index (κ1) is 20.7. The van der Waals surface area contributed by atoms with Crippen LogP contribution in [-0.2, 0) is 0 Å². The monoisotopic (exact) mass is 292 g/mol. The van der Waals surface area contributed by atoms with Crippen LogP contribution in [0.3, 0.4) is 0 Å². The molecular formula is C21H40. The third kappa shape index (κ3) is 19.7. The zero-order valence-electron chi connectivity index (χ0n) is 14.6. The highest BCUT2D eigenvalue weighted by atomic mass is 14.0. The second kappa shape index (κ2) is 19.7. The Labute approximate surface area is 135 Å². The van der Waals surface area contributed by atoms with E-state index >= 15 is 0 Å². The number of hydrogen-bond acceptors (Lipinski definition) is 0. The van der Waals surface area contributed by atoms with Gasteiger partial charge in [-0.25, -0.2) is 0 Å². The molecule has 0 saturated carbocycles. The van der Waals surface area contributed by atoms with E-state index in [0.717, 1.165) is 12.8 Å². The van der Waals surface area contributed by atoms with Gasteiger partial charge in [-0.1, -0.05) is 109 Å². The van der Waals surface area contributed by atoms with Crippen molar-refractivity contribution in [1.82, 2.24) is 0 Å². The molecule has 124 valence electrons. The lowest BCUT2D eigenvalue weighted by Gasteiger charge is -2.02. The fourth-order valence-electron chi connectivity index (χ4n) is 2.70. The van der Waals surface area contributed by atoms with Crippen molar-refractivity contribution in [2.75, 3.05) is 0 Å². The normalized spacial score (nSPS) is 11.5. The Morgan fingerprint density at radius 1 is 0.381 bits per heavy atom.